The van der Waals surface area contributed by atoms with Crippen LogP contribution < -0.4 is 9.64 Å². The molecule has 0 bridgehead atoms. The summed E-state index contributed by atoms with van der Waals surface area (Å²) in [6.45, 7) is 3.97. The zero-order valence-corrected chi connectivity index (χ0v) is 18.6. The third-order valence-electron chi connectivity index (χ3n) is 4.80. The SMILES string of the molecule is O=C(COc1ccccc1F)N(CCN1CCOCC1)c1nc2ccc(Br)cc2s1. The van der Waals surface area contributed by atoms with Crippen LogP contribution >= 0.6 is 27.3 Å². The van der Waals surface area contributed by atoms with Crippen molar-refractivity contribution in [1.82, 2.24) is 9.88 Å². The Kier molecular flexibility index (Phi) is 6.93. The van der Waals surface area contributed by atoms with Crippen LogP contribution in [0.5, 0.6) is 5.75 Å². The fourth-order valence-corrected chi connectivity index (χ4v) is 4.73. The van der Waals surface area contributed by atoms with Crippen LogP contribution in [0.25, 0.3) is 10.2 Å². The van der Waals surface area contributed by atoms with Gasteiger partial charge in [0, 0.05) is 30.7 Å². The highest BCUT2D eigenvalue weighted by molar-refractivity contribution is 9.10. The van der Waals surface area contributed by atoms with Crippen LogP contribution in [0, 0.1) is 5.82 Å². The number of anilines is 1. The highest BCUT2D eigenvalue weighted by atomic mass is 79.9. The third kappa shape index (κ3) is 5.15. The van der Waals surface area contributed by atoms with Gasteiger partial charge in [-0.25, -0.2) is 9.37 Å². The molecule has 0 saturated carbocycles. The first kappa shape index (κ1) is 21.2. The molecule has 2 aromatic carbocycles. The monoisotopic (exact) mass is 493 g/mol. The maximum absolute atomic E-state index is 13.8. The molecular weight excluding hydrogens is 473 g/mol. The molecule has 0 unspecified atom stereocenters. The van der Waals surface area contributed by atoms with Gasteiger partial charge in [0.1, 0.15) is 0 Å². The summed E-state index contributed by atoms with van der Waals surface area (Å²) in [5, 5.41) is 0.610. The molecule has 0 spiro atoms. The van der Waals surface area contributed by atoms with E-state index in [0.717, 1.165) is 27.8 Å². The number of hydrogen-bond acceptors (Lipinski definition) is 6. The zero-order valence-electron chi connectivity index (χ0n) is 16.2. The number of ether oxygens (including phenoxy) is 2. The molecule has 1 amide bonds. The van der Waals surface area contributed by atoms with E-state index in [1.807, 2.05) is 18.2 Å². The van der Waals surface area contributed by atoms with E-state index in [9.17, 15) is 9.18 Å². The number of para-hydroxylation sites is 1. The number of halogens is 2. The van der Waals surface area contributed by atoms with Gasteiger partial charge < -0.3 is 9.47 Å². The second-order valence-electron chi connectivity index (χ2n) is 6.83. The van der Waals surface area contributed by atoms with Crippen molar-refractivity contribution in [2.45, 2.75) is 0 Å². The van der Waals surface area contributed by atoms with Crippen molar-refractivity contribution >= 4 is 48.5 Å². The number of fused-ring (bicyclic) bond motifs is 1. The molecule has 1 aromatic heterocycles. The van der Waals surface area contributed by atoms with Gasteiger partial charge in [-0.1, -0.05) is 39.4 Å². The van der Waals surface area contributed by atoms with Crippen molar-refractivity contribution in [3.8, 4) is 5.75 Å². The predicted molar refractivity (Wildman–Crippen MR) is 119 cm³/mol. The number of amides is 1. The predicted octanol–water partition coefficient (Wildman–Crippen LogP) is 3.94. The topological polar surface area (TPSA) is 54.9 Å². The van der Waals surface area contributed by atoms with Gasteiger partial charge in [-0.05, 0) is 30.3 Å². The fraction of sp³-hybridized carbons (Fsp3) is 0.333. The zero-order chi connectivity index (χ0) is 20.9. The number of morpholine rings is 1. The molecule has 1 saturated heterocycles. The molecule has 30 heavy (non-hydrogen) atoms. The van der Waals surface area contributed by atoms with Crippen LogP contribution in [0.2, 0.25) is 0 Å². The second-order valence-corrected chi connectivity index (χ2v) is 8.75. The Morgan fingerprint density at radius 2 is 2.07 bits per heavy atom. The number of rotatable bonds is 7. The van der Waals surface area contributed by atoms with Crippen LogP contribution in [0.15, 0.2) is 46.9 Å². The maximum atomic E-state index is 13.8. The highest BCUT2D eigenvalue weighted by Crippen LogP contribution is 2.31. The summed E-state index contributed by atoms with van der Waals surface area (Å²) in [6.07, 6.45) is 0. The van der Waals surface area contributed by atoms with Gasteiger partial charge >= 0.3 is 0 Å². The first-order chi connectivity index (χ1) is 14.6. The number of carbonyl (C=O) groups excluding carboxylic acids is 1. The van der Waals surface area contributed by atoms with E-state index in [-0.39, 0.29) is 18.3 Å². The van der Waals surface area contributed by atoms with Crippen molar-refractivity contribution in [3.63, 3.8) is 0 Å². The molecule has 0 radical (unpaired) electrons. The summed E-state index contributed by atoms with van der Waals surface area (Å²) in [5.41, 5.74) is 0.831. The van der Waals surface area contributed by atoms with Crippen LogP contribution in [0.1, 0.15) is 0 Å². The average molecular weight is 494 g/mol. The molecule has 0 N–H and O–H groups in total. The first-order valence-corrected chi connectivity index (χ1v) is 11.2. The molecule has 6 nitrogen and oxygen atoms in total. The Morgan fingerprint density at radius 3 is 2.87 bits per heavy atom. The van der Waals surface area contributed by atoms with E-state index in [1.165, 1.54) is 23.5 Å². The Labute approximate surface area is 186 Å². The van der Waals surface area contributed by atoms with Crippen LogP contribution in [-0.2, 0) is 9.53 Å². The largest absolute Gasteiger partial charge is 0.481 e. The lowest BCUT2D eigenvalue weighted by atomic mass is 10.3. The van der Waals surface area contributed by atoms with Crippen LogP contribution in [0.3, 0.4) is 0 Å². The van der Waals surface area contributed by atoms with Crippen molar-refractivity contribution in [2.24, 2.45) is 0 Å². The van der Waals surface area contributed by atoms with Gasteiger partial charge in [0.25, 0.3) is 5.91 Å². The average Bonchev–Trinajstić information content (AvgIpc) is 3.16. The molecule has 1 aliphatic rings. The summed E-state index contributed by atoms with van der Waals surface area (Å²) in [4.78, 5) is 21.6. The molecule has 0 aliphatic carbocycles. The number of thiazole rings is 1. The fourth-order valence-electron chi connectivity index (χ4n) is 3.17. The van der Waals surface area contributed by atoms with Gasteiger partial charge in [0.15, 0.2) is 23.3 Å². The minimum atomic E-state index is -0.491. The summed E-state index contributed by atoms with van der Waals surface area (Å²) in [7, 11) is 0. The lowest BCUT2D eigenvalue weighted by molar-refractivity contribution is -0.120. The van der Waals surface area contributed by atoms with Crippen LogP contribution in [-0.4, -0.2) is 61.8 Å². The van der Waals surface area contributed by atoms with E-state index in [1.54, 1.807) is 17.0 Å². The first-order valence-electron chi connectivity index (χ1n) is 9.64. The van der Waals surface area contributed by atoms with Gasteiger partial charge in [-0.2, -0.15) is 0 Å². The van der Waals surface area contributed by atoms with E-state index < -0.39 is 5.82 Å². The molecule has 2 heterocycles. The second kappa shape index (κ2) is 9.82. The molecular formula is C21H21BrFN3O3S. The third-order valence-corrected chi connectivity index (χ3v) is 6.34. The molecule has 9 heteroatoms. The molecule has 3 aromatic rings. The Bertz CT molecular complexity index is 1030. The Morgan fingerprint density at radius 1 is 1.27 bits per heavy atom. The molecule has 158 valence electrons. The standard InChI is InChI=1S/C21H21BrFN3O3S/c22-15-5-6-17-19(13-15)30-21(24-17)26(8-7-25-9-11-28-12-10-25)20(27)14-29-18-4-2-1-3-16(18)23/h1-6,13H,7-12,14H2. The lowest BCUT2D eigenvalue weighted by Crippen LogP contribution is -2.44. The Balaban J connectivity index is 1.52. The maximum Gasteiger partial charge on any atom is 0.266 e. The molecule has 1 aliphatic heterocycles. The number of aromatic nitrogens is 1. The quantitative estimate of drug-likeness (QED) is 0.498. The highest BCUT2D eigenvalue weighted by Gasteiger charge is 2.22. The summed E-state index contributed by atoms with van der Waals surface area (Å²) < 4.78 is 26.6. The van der Waals surface area contributed by atoms with Gasteiger partial charge in [-0.15, -0.1) is 0 Å². The smallest absolute Gasteiger partial charge is 0.266 e. The minimum Gasteiger partial charge on any atom is -0.481 e. The van der Waals surface area contributed by atoms with Crippen molar-refractivity contribution in [1.29, 1.82) is 0 Å². The van der Waals surface area contributed by atoms with Crippen LogP contribution in [0.4, 0.5) is 9.52 Å². The molecule has 1 fully saturated rings. The Hall–Kier alpha value is -2.07. The van der Waals surface area contributed by atoms with E-state index in [0.29, 0.717) is 31.4 Å². The van der Waals surface area contributed by atoms with Crippen molar-refractivity contribution in [3.05, 3.63) is 52.8 Å². The summed E-state index contributed by atoms with van der Waals surface area (Å²) in [5.74, 6) is -0.688. The summed E-state index contributed by atoms with van der Waals surface area (Å²) >= 11 is 4.92. The number of carbonyl (C=O) groups is 1. The van der Waals surface area contributed by atoms with E-state index >= 15 is 0 Å². The van der Waals surface area contributed by atoms with E-state index in [2.05, 4.69) is 25.8 Å². The molecule has 0 atom stereocenters. The van der Waals surface area contributed by atoms with E-state index in [4.69, 9.17) is 9.47 Å². The van der Waals surface area contributed by atoms with Gasteiger partial charge in [0.2, 0.25) is 0 Å². The van der Waals surface area contributed by atoms with Crippen molar-refractivity contribution in [2.75, 3.05) is 50.9 Å². The minimum absolute atomic E-state index is 0.0622. The summed E-state index contributed by atoms with van der Waals surface area (Å²) in [6, 6.07) is 11.9. The van der Waals surface area contributed by atoms with Gasteiger partial charge in [0.05, 0.1) is 23.4 Å². The normalized spacial score (nSPS) is 14.7. The van der Waals surface area contributed by atoms with Crippen molar-refractivity contribution < 1.29 is 18.7 Å². The van der Waals surface area contributed by atoms with Gasteiger partial charge in [-0.3, -0.25) is 14.6 Å². The number of benzene rings is 2. The lowest BCUT2D eigenvalue weighted by Gasteiger charge is -2.29. The number of hydrogen-bond donors (Lipinski definition) is 0. The number of nitrogens with zero attached hydrogens (tertiary/aromatic N) is 3. The molecule has 4 rings (SSSR count).